The van der Waals surface area contributed by atoms with Crippen LogP contribution >= 0.6 is 0 Å². The molecule has 0 aliphatic heterocycles. The van der Waals surface area contributed by atoms with Gasteiger partial charge in [0.2, 0.25) is 0 Å². The maximum absolute atomic E-state index is 2.30. The van der Waals surface area contributed by atoms with E-state index in [9.17, 15) is 0 Å². The van der Waals surface area contributed by atoms with Crippen molar-refractivity contribution in [3.63, 3.8) is 0 Å². The summed E-state index contributed by atoms with van der Waals surface area (Å²) in [6.07, 6.45) is 10.1. The molecule has 0 fully saturated rings. The minimum atomic E-state index is 0.750. The molecule has 0 nitrogen and oxygen atoms in total. The van der Waals surface area contributed by atoms with Gasteiger partial charge in [0, 0.05) is 0 Å². The van der Waals surface area contributed by atoms with Crippen LogP contribution in [0.5, 0.6) is 0 Å². The molecule has 0 aromatic heterocycles. The average molecular weight is 122 g/mol. The molecule has 0 aromatic rings. The van der Waals surface area contributed by atoms with E-state index >= 15 is 0 Å². The monoisotopic (exact) mass is 122 g/mol. The number of hydrogen-bond donors (Lipinski definition) is 0. The van der Waals surface area contributed by atoms with Crippen molar-refractivity contribution >= 4 is 0 Å². The van der Waals surface area contributed by atoms with Crippen LogP contribution in [-0.4, -0.2) is 0 Å². The van der Waals surface area contributed by atoms with Gasteiger partial charge in [0.1, 0.15) is 0 Å². The van der Waals surface area contributed by atoms with E-state index in [1.807, 2.05) is 0 Å². The molecular weight excluding hydrogens is 108 g/mol. The van der Waals surface area contributed by atoms with Crippen LogP contribution in [-0.2, 0) is 0 Å². The zero-order valence-corrected chi connectivity index (χ0v) is 6.17. The molecule has 0 saturated heterocycles. The highest BCUT2D eigenvalue weighted by Crippen LogP contribution is 2.21. The largest absolute Gasteiger partial charge is 0.0811 e. The fourth-order valence-electron chi connectivity index (χ4n) is 1.27. The van der Waals surface area contributed by atoms with Crippen molar-refractivity contribution in [3.8, 4) is 0 Å². The van der Waals surface area contributed by atoms with Crippen molar-refractivity contribution < 1.29 is 0 Å². The highest BCUT2D eigenvalue weighted by Gasteiger charge is 2.09. The Balaban J connectivity index is 2.55. The highest BCUT2D eigenvalue weighted by molar-refractivity contribution is 5.13. The first-order valence-corrected chi connectivity index (χ1v) is 3.69. The topological polar surface area (TPSA) is 0 Å². The van der Waals surface area contributed by atoms with Gasteiger partial charge in [0.25, 0.3) is 0 Å². The van der Waals surface area contributed by atoms with Gasteiger partial charge < -0.3 is 0 Å². The van der Waals surface area contributed by atoms with Gasteiger partial charge in [-0.05, 0) is 18.3 Å². The van der Waals surface area contributed by atoms with E-state index in [4.69, 9.17) is 0 Å². The third-order valence-corrected chi connectivity index (χ3v) is 2.03. The predicted molar refractivity (Wildman–Crippen MR) is 41.2 cm³/mol. The Bertz CT molecular complexity index is 131. The zero-order valence-electron chi connectivity index (χ0n) is 6.17. The highest BCUT2D eigenvalue weighted by atomic mass is 14.1. The van der Waals surface area contributed by atoms with Crippen LogP contribution < -0.4 is 0 Å². The van der Waals surface area contributed by atoms with Crippen molar-refractivity contribution in [2.75, 3.05) is 0 Å². The summed E-state index contributed by atoms with van der Waals surface area (Å²) in [5.41, 5.74) is 0. The van der Waals surface area contributed by atoms with Gasteiger partial charge in [-0.25, -0.2) is 0 Å². The molecule has 0 spiro atoms. The molecule has 0 bridgehead atoms. The normalized spacial score (nSPS) is 33.1. The predicted octanol–water partition coefficient (Wildman–Crippen LogP) is 2.77. The first kappa shape index (κ1) is 6.60. The van der Waals surface area contributed by atoms with Crippen molar-refractivity contribution in [1.82, 2.24) is 0 Å². The molecule has 0 saturated carbocycles. The molecule has 0 aromatic carbocycles. The molecule has 0 heteroatoms. The quantitative estimate of drug-likeness (QED) is 0.501. The smallest absolute Gasteiger partial charge is 0.0173 e. The SMILES string of the molecule is CC[C@@H]1C=CC=C[C@@H]1C. The van der Waals surface area contributed by atoms with Crippen molar-refractivity contribution in [2.45, 2.75) is 20.3 Å². The molecule has 9 heavy (non-hydrogen) atoms. The number of allylic oxidation sites excluding steroid dienone is 4. The Morgan fingerprint density at radius 1 is 1.22 bits per heavy atom. The van der Waals surface area contributed by atoms with Gasteiger partial charge in [-0.1, -0.05) is 38.2 Å². The summed E-state index contributed by atoms with van der Waals surface area (Å²) in [6.45, 7) is 4.51. The molecule has 0 N–H and O–H groups in total. The average Bonchev–Trinajstić information content (AvgIpc) is 1.89. The maximum atomic E-state index is 2.30. The first-order chi connectivity index (χ1) is 4.34. The van der Waals surface area contributed by atoms with Crippen LogP contribution in [0.4, 0.5) is 0 Å². The Morgan fingerprint density at radius 2 is 1.89 bits per heavy atom. The standard InChI is InChI=1S/C9H14/c1-3-9-7-5-4-6-8(9)2/h4-9H,3H2,1-2H3/t8-,9+/m0/s1. The molecule has 0 heterocycles. The molecule has 50 valence electrons. The molecule has 1 aliphatic rings. The van der Waals surface area contributed by atoms with E-state index in [0.29, 0.717) is 0 Å². The lowest BCUT2D eigenvalue weighted by molar-refractivity contribution is 0.492. The second kappa shape index (κ2) is 2.86. The molecule has 2 atom stereocenters. The van der Waals surface area contributed by atoms with Gasteiger partial charge in [-0.3, -0.25) is 0 Å². The number of hydrogen-bond acceptors (Lipinski definition) is 0. The fourth-order valence-corrected chi connectivity index (χ4v) is 1.27. The Hall–Kier alpha value is -0.520. The second-order valence-electron chi connectivity index (χ2n) is 2.70. The zero-order chi connectivity index (χ0) is 6.69. The lowest BCUT2D eigenvalue weighted by Crippen LogP contribution is -2.06. The minimum Gasteiger partial charge on any atom is -0.0811 e. The van der Waals surface area contributed by atoms with Crippen LogP contribution in [0.15, 0.2) is 24.3 Å². The molecule has 0 amide bonds. The van der Waals surface area contributed by atoms with Crippen molar-refractivity contribution in [2.24, 2.45) is 11.8 Å². The number of rotatable bonds is 1. The fraction of sp³-hybridized carbons (Fsp3) is 0.556. The van der Waals surface area contributed by atoms with E-state index in [1.165, 1.54) is 6.42 Å². The lowest BCUT2D eigenvalue weighted by atomic mass is 9.88. The van der Waals surface area contributed by atoms with Gasteiger partial charge in [-0.15, -0.1) is 0 Å². The van der Waals surface area contributed by atoms with Gasteiger partial charge in [0.05, 0.1) is 0 Å². The molecule has 1 aliphatic carbocycles. The maximum Gasteiger partial charge on any atom is -0.0173 e. The minimum absolute atomic E-state index is 0.750. The first-order valence-electron chi connectivity index (χ1n) is 3.69. The van der Waals surface area contributed by atoms with E-state index < -0.39 is 0 Å². The van der Waals surface area contributed by atoms with Gasteiger partial charge >= 0.3 is 0 Å². The Labute approximate surface area is 57.3 Å². The summed E-state index contributed by atoms with van der Waals surface area (Å²) >= 11 is 0. The van der Waals surface area contributed by atoms with Gasteiger partial charge in [-0.2, -0.15) is 0 Å². The second-order valence-corrected chi connectivity index (χ2v) is 2.70. The van der Waals surface area contributed by atoms with E-state index in [-0.39, 0.29) is 0 Å². The molecule has 0 radical (unpaired) electrons. The Morgan fingerprint density at radius 3 is 2.33 bits per heavy atom. The molecular formula is C9H14. The van der Waals surface area contributed by atoms with Crippen LogP contribution in [0.25, 0.3) is 0 Å². The van der Waals surface area contributed by atoms with Crippen LogP contribution in [0.3, 0.4) is 0 Å². The van der Waals surface area contributed by atoms with E-state index in [2.05, 4.69) is 38.2 Å². The van der Waals surface area contributed by atoms with Crippen molar-refractivity contribution in [3.05, 3.63) is 24.3 Å². The summed E-state index contributed by atoms with van der Waals surface area (Å²) in [5, 5.41) is 0. The Kier molecular flexibility index (Phi) is 2.10. The van der Waals surface area contributed by atoms with E-state index in [0.717, 1.165) is 11.8 Å². The third kappa shape index (κ3) is 1.44. The van der Waals surface area contributed by atoms with Gasteiger partial charge in [0.15, 0.2) is 0 Å². The summed E-state index contributed by atoms with van der Waals surface area (Å²) in [7, 11) is 0. The van der Waals surface area contributed by atoms with Crippen LogP contribution in [0, 0.1) is 11.8 Å². The van der Waals surface area contributed by atoms with Crippen molar-refractivity contribution in [1.29, 1.82) is 0 Å². The summed E-state index contributed by atoms with van der Waals surface area (Å²) in [5.74, 6) is 1.54. The third-order valence-electron chi connectivity index (χ3n) is 2.03. The summed E-state index contributed by atoms with van der Waals surface area (Å²) < 4.78 is 0. The van der Waals surface area contributed by atoms with Crippen LogP contribution in [0.2, 0.25) is 0 Å². The van der Waals surface area contributed by atoms with E-state index in [1.54, 1.807) is 0 Å². The lowest BCUT2D eigenvalue weighted by Gasteiger charge is -2.17. The summed E-state index contributed by atoms with van der Waals surface area (Å²) in [6, 6.07) is 0. The molecule has 1 rings (SSSR count). The summed E-state index contributed by atoms with van der Waals surface area (Å²) in [4.78, 5) is 0. The van der Waals surface area contributed by atoms with Crippen LogP contribution in [0.1, 0.15) is 20.3 Å². The molecule has 0 unspecified atom stereocenters.